The first kappa shape index (κ1) is 22.9. The fourth-order valence-electron chi connectivity index (χ4n) is 4.11. The van der Waals surface area contributed by atoms with E-state index in [9.17, 15) is 4.79 Å². The van der Waals surface area contributed by atoms with Gasteiger partial charge in [-0.3, -0.25) is 0 Å². The number of anilines is 1. The minimum Gasteiger partial charge on any atom is -0.497 e. The van der Waals surface area contributed by atoms with Gasteiger partial charge in [-0.25, -0.2) is 4.79 Å². The van der Waals surface area contributed by atoms with E-state index in [4.69, 9.17) is 14.6 Å². The standard InChI is InChI=1S/C27H25N3O4S/c1-33-22-12-8-21(9-13-22)30-16-14-24(15-17-30)34-23-10-6-19(7-11-23)26-29-28-25(35-26)18-2-4-20(5-3-18)27(31)32/h2-13,24H,14-17H2,1H3,(H,31,32). The molecule has 8 heteroatoms. The van der Waals surface area contributed by atoms with Crippen LogP contribution in [0.4, 0.5) is 5.69 Å². The van der Waals surface area contributed by atoms with Gasteiger partial charge in [-0.2, -0.15) is 0 Å². The van der Waals surface area contributed by atoms with Crippen LogP contribution in [-0.2, 0) is 0 Å². The maximum Gasteiger partial charge on any atom is 0.335 e. The van der Waals surface area contributed by atoms with E-state index >= 15 is 0 Å². The number of methoxy groups -OCH3 is 1. The summed E-state index contributed by atoms with van der Waals surface area (Å²) in [6, 6.07) is 22.8. The van der Waals surface area contributed by atoms with Crippen LogP contribution in [0.5, 0.6) is 11.5 Å². The van der Waals surface area contributed by atoms with Crippen LogP contribution in [0, 0.1) is 0 Å². The van der Waals surface area contributed by atoms with Crippen molar-refractivity contribution < 1.29 is 19.4 Å². The van der Waals surface area contributed by atoms with Gasteiger partial charge < -0.3 is 19.5 Å². The topological polar surface area (TPSA) is 84.8 Å². The van der Waals surface area contributed by atoms with Gasteiger partial charge in [0.1, 0.15) is 27.6 Å². The number of ether oxygens (including phenoxy) is 2. The van der Waals surface area contributed by atoms with Crippen LogP contribution < -0.4 is 14.4 Å². The molecule has 3 aromatic carbocycles. The normalized spacial score (nSPS) is 14.0. The average Bonchev–Trinajstić information content (AvgIpc) is 3.40. The van der Waals surface area contributed by atoms with Crippen LogP contribution in [0.3, 0.4) is 0 Å². The molecule has 0 radical (unpaired) electrons. The highest BCUT2D eigenvalue weighted by molar-refractivity contribution is 7.17. The molecule has 0 spiro atoms. The largest absolute Gasteiger partial charge is 0.497 e. The van der Waals surface area contributed by atoms with Gasteiger partial charge >= 0.3 is 5.97 Å². The van der Waals surface area contributed by atoms with Crippen LogP contribution in [0.1, 0.15) is 23.2 Å². The summed E-state index contributed by atoms with van der Waals surface area (Å²) in [5.74, 6) is 0.778. The number of rotatable bonds is 7. The first-order valence-corrected chi connectivity index (χ1v) is 12.2. The minimum atomic E-state index is -0.945. The third-order valence-electron chi connectivity index (χ3n) is 6.09. The zero-order valence-electron chi connectivity index (χ0n) is 19.3. The summed E-state index contributed by atoms with van der Waals surface area (Å²) < 4.78 is 11.5. The number of benzene rings is 3. The van der Waals surface area contributed by atoms with Crippen molar-refractivity contribution in [2.45, 2.75) is 18.9 Å². The van der Waals surface area contributed by atoms with E-state index in [0.29, 0.717) is 0 Å². The smallest absolute Gasteiger partial charge is 0.335 e. The van der Waals surface area contributed by atoms with Crippen LogP contribution >= 0.6 is 11.3 Å². The molecule has 1 fully saturated rings. The molecule has 1 saturated heterocycles. The summed E-state index contributed by atoms with van der Waals surface area (Å²) >= 11 is 1.47. The van der Waals surface area contributed by atoms with E-state index in [-0.39, 0.29) is 11.7 Å². The van der Waals surface area contributed by atoms with Crippen LogP contribution in [-0.4, -0.2) is 47.6 Å². The number of aromatic carboxylic acids is 1. The predicted octanol–water partition coefficient (Wildman–Crippen LogP) is 5.63. The number of nitrogens with zero attached hydrogens (tertiary/aromatic N) is 3. The zero-order valence-corrected chi connectivity index (χ0v) is 20.1. The molecule has 4 aromatic rings. The molecule has 0 unspecified atom stereocenters. The monoisotopic (exact) mass is 487 g/mol. The molecule has 0 bridgehead atoms. The Balaban J connectivity index is 1.17. The minimum absolute atomic E-state index is 0.192. The first-order chi connectivity index (χ1) is 17.1. The molecule has 0 aliphatic carbocycles. The Labute approximate surface area is 207 Å². The van der Waals surface area contributed by atoms with Gasteiger partial charge in [-0.05, 0) is 60.7 Å². The molecular formula is C27H25N3O4S. The predicted molar refractivity (Wildman–Crippen MR) is 137 cm³/mol. The summed E-state index contributed by atoms with van der Waals surface area (Å²) in [5.41, 5.74) is 3.28. The van der Waals surface area contributed by atoms with Crippen molar-refractivity contribution in [3.63, 3.8) is 0 Å². The third kappa shape index (κ3) is 5.27. The lowest BCUT2D eigenvalue weighted by Crippen LogP contribution is -2.38. The molecule has 2 heterocycles. The molecule has 0 atom stereocenters. The Morgan fingerprint density at radius 3 is 1.94 bits per heavy atom. The highest BCUT2D eigenvalue weighted by atomic mass is 32.1. The lowest BCUT2D eigenvalue weighted by atomic mass is 10.1. The number of carboxylic acids is 1. The molecule has 0 amide bonds. The fraction of sp³-hybridized carbons (Fsp3) is 0.222. The first-order valence-electron chi connectivity index (χ1n) is 11.4. The quantitative estimate of drug-likeness (QED) is 0.362. The van der Waals surface area contributed by atoms with Crippen molar-refractivity contribution in [2.24, 2.45) is 0 Å². The van der Waals surface area contributed by atoms with Crippen LogP contribution in [0.2, 0.25) is 0 Å². The van der Waals surface area contributed by atoms with Gasteiger partial charge in [0.05, 0.1) is 12.7 Å². The molecule has 5 rings (SSSR count). The average molecular weight is 488 g/mol. The summed E-state index contributed by atoms with van der Waals surface area (Å²) in [6.07, 6.45) is 2.12. The van der Waals surface area contributed by atoms with E-state index < -0.39 is 5.97 Å². The highest BCUT2D eigenvalue weighted by Gasteiger charge is 2.21. The van der Waals surface area contributed by atoms with E-state index in [1.54, 1.807) is 31.4 Å². The van der Waals surface area contributed by atoms with Crippen molar-refractivity contribution >= 4 is 23.0 Å². The number of aromatic nitrogens is 2. The summed E-state index contributed by atoms with van der Waals surface area (Å²) in [6.45, 7) is 1.91. The van der Waals surface area contributed by atoms with Crippen molar-refractivity contribution in [1.82, 2.24) is 10.2 Å². The molecule has 35 heavy (non-hydrogen) atoms. The molecule has 1 aliphatic heterocycles. The summed E-state index contributed by atoms with van der Waals surface area (Å²) in [4.78, 5) is 13.4. The van der Waals surface area contributed by atoms with Crippen LogP contribution in [0.15, 0.2) is 72.8 Å². The maximum absolute atomic E-state index is 11.0. The van der Waals surface area contributed by atoms with E-state index in [1.807, 2.05) is 36.4 Å². The highest BCUT2D eigenvalue weighted by Crippen LogP contribution is 2.32. The second-order valence-electron chi connectivity index (χ2n) is 8.32. The lowest BCUT2D eigenvalue weighted by Gasteiger charge is -2.33. The van der Waals surface area contributed by atoms with E-state index in [1.165, 1.54) is 17.0 Å². The molecule has 1 aliphatic rings. The number of piperidine rings is 1. The Bertz CT molecular complexity index is 1280. The number of carboxylic acid groups (broad SMARTS) is 1. The number of hydrogen-bond donors (Lipinski definition) is 1. The summed E-state index contributed by atoms with van der Waals surface area (Å²) in [7, 11) is 1.68. The third-order valence-corrected chi connectivity index (χ3v) is 7.11. The maximum atomic E-state index is 11.0. The van der Waals surface area contributed by atoms with E-state index in [0.717, 1.165) is 58.6 Å². The van der Waals surface area contributed by atoms with Crippen molar-refractivity contribution in [3.8, 4) is 32.6 Å². The Kier molecular flexibility index (Phi) is 6.63. The SMILES string of the molecule is COc1ccc(N2CCC(Oc3ccc(-c4nnc(-c5ccc(C(=O)O)cc5)s4)cc3)CC2)cc1. The van der Waals surface area contributed by atoms with Crippen molar-refractivity contribution in [1.29, 1.82) is 0 Å². The van der Waals surface area contributed by atoms with Gasteiger partial charge in [-0.1, -0.05) is 23.5 Å². The molecule has 1 N–H and O–H groups in total. The second-order valence-corrected chi connectivity index (χ2v) is 9.30. The molecule has 0 saturated carbocycles. The van der Waals surface area contributed by atoms with Gasteiger partial charge in [-0.15, -0.1) is 10.2 Å². The van der Waals surface area contributed by atoms with Gasteiger partial charge in [0.25, 0.3) is 0 Å². The van der Waals surface area contributed by atoms with Gasteiger partial charge in [0.2, 0.25) is 0 Å². The summed E-state index contributed by atoms with van der Waals surface area (Å²) in [5, 5.41) is 19.2. The Morgan fingerprint density at radius 1 is 0.857 bits per heavy atom. The molecule has 178 valence electrons. The van der Waals surface area contributed by atoms with Crippen molar-refractivity contribution in [3.05, 3.63) is 78.4 Å². The Morgan fingerprint density at radius 2 is 1.40 bits per heavy atom. The second kappa shape index (κ2) is 10.1. The number of hydrogen-bond acceptors (Lipinski definition) is 7. The van der Waals surface area contributed by atoms with Gasteiger partial charge in [0, 0.05) is 42.7 Å². The molecular weight excluding hydrogens is 462 g/mol. The molecule has 7 nitrogen and oxygen atoms in total. The van der Waals surface area contributed by atoms with Crippen molar-refractivity contribution in [2.75, 3.05) is 25.1 Å². The zero-order chi connectivity index (χ0) is 24.2. The fourth-order valence-corrected chi connectivity index (χ4v) is 4.96. The lowest BCUT2D eigenvalue weighted by molar-refractivity contribution is 0.0697. The molecule has 1 aromatic heterocycles. The Hall–Kier alpha value is -3.91. The number of carbonyl (C=O) groups is 1. The van der Waals surface area contributed by atoms with E-state index in [2.05, 4.69) is 27.2 Å². The van der Waals surface area contributed by atoms with Gasteiger partial charge in [0.15, 0.2) is 0 Å². The van der Waals surface area contributed by atoms with Crippen LogP contribution in [0.25, 0.3) is 21.1 Å².